The number of Topliss-reactive ketones (excluding diaryl/α,β-unsaturated/α-hetero) is 1. The summed E-state index contributed by atoms with van der Waals surface area (Å²) >= 11 is 0. The van der Waals surface area contributed by atoms with Gasteiger partial charge < -0.3 is 9.47 Å². The Hall–Kier alpha value is -1.51. The third-order valence-electron chi connectivity index (χ3n) is 3.50. The summed E-state index contributed by atoms with van der Waals surface area (Å²) < 4.78 is 10.8. The van der Waals surface area contributed by atoms with Gasteiger partial charge in [0.25, 0.3) is 0 Å². The van der Waals surface area contributed by atoms with Crippen LogP contribution in [0.2, 0.25) is 0 Å². The molecule has 0 spiro atoms. The molecule has 0 N–H and O–H groups in total. The maximum absolute atomic E-state index is 11.9. The molecule has 1 saturated carbocycles. The molecule has 1 aliphatic rings. The Morgan fingerprint density at radius 1 is 1.28 bits per heavy atom. The molecule has 3 nitrogen and oxygen atoms in total. The lowest BCUT2D eigenvalue weighted by atomic mass is 10.0. The first-order valence-electron chi connectivity index (χ1n) is 6.51. The largest absolute Gasteiger partial charge is 0.493 e. The van der Waals surface area contributed by atoms with E-state index in [1.807, 2.05) is 25.1 Å². The monoisotopic (exact) mass is 248 g/mol. The number of aryl methyl sites for hydroxylation is 1. The molecule has 0 amide bonds. The zero-order chi connectivity index (χ0) is 13.0. The van der Waals surface area contributed by atoms with E-state index in [2.05, 4.69) is 0 Å². The SMILES string of the molecule is COc1cc(C)ccc1OCC(=O)C1CCCC1. The molecule has 3 heteroatoms. The van der Waals surface area contributed by atoms with Gasteiger partial charge in [-0.15, -0.1) is 0 Å². The molecule has 1 aromatic rings. The van der Waals surface area contributed by atoms with Crippen molar-refractivity contribution in [2.75, 3.05) is 13.7 Å². The molecule has 0 aliphatic heterocycles. The number of carbonyl (C=O) groups excluding carboxylic acids is 1. The van der Waals surface area contributed by atoms with Crippen molar-refractivity contribution < 1.29 is 14.3 Å². The molecule has 2 rings (SSSR count). The molecule has 1 aromatic carbocycles. The van der Waals surface area contributed by atoms with E-state index in [9.17, 15) is 4.79 Å². The highest BCUT2D eigenvalue weighted by molar-refractivity contribution is 5.82. The quantitative estimate of drug-likeness (QED) is 0.803. The molecule has 0 radical (unpaired) electrons. The van der Waals surface area contributed by atoms with Gasteiger partial charge in [-0.2, -0.15) is 0 Å². The third kappa shape index (κ3) is 3.03. The number of ketones is 1. The van der Waals surface area contributed by atoms with Gasteiger partial charge in [0, 0.05) is 5.92 Å². The minimum atomic E-state index is 0.157. The van der Waals surface area contributed by atoms with E-state index in [1.165, 1.54) is 12.8 Å². The molecule has 0 bridgehead atoms. The van der Waals surface area contributed by atoms with Crippen LogP contribution in [0.5, 0.6) is 11.5 Å². The Labute approximate surface area is 108 Å². The van der Waals surface area contributed by atoms with Gasteiger partial charge in [-0.1, -0.05) is 18.9 Å². The van der Waals surface area contributed by atoms with Crippen molar-refractivity contribution in [3.63, 3.8) is 0 Å². The van der Waals surface area contributed by atoms with Gasteiger partial charge >= 0.3 is 0 Å². The molecule has 0 unspecified atom stereocenters. The zero-order valence-electron chi connectivity index (χ0n) is 11.1. The number of benzene rings is 1. The van der Waals surface area contributed by atoms with E-state index in [0.717, 1.165) is 18.4 Å². The molecule has 1 aliphatic carbocycles. The van der Waals surface area contributed by atoms with Crippen LogP contribution in [0.1, 0.15) is 31.2 Å². The summed E-state index contributed by atoms with van der Waals surface area (Å²) in [5, 5.41) is 0. The molecule has 98 valence electrons. The van der Waals surface area contributed by atoms with Crippen LogP contribution >= 0.6 is 0 Å². The normalized spacial score (nSPS) is 15.7. The van der Waals surface area contributed by atoms with E-state index >= 15 is 0 Å². The third-order valence-corrected chi connectivity index (χ3v) is 3.50. The summed E-state index contributed by atoms with van der Waals surface area (Å²) in [6.07, 6.45) is 4.38. The van der Waals surface area contributed by atoms with Gasteiger partial charge in [0.2, 0.25) is 0 Å². The maximum atomic E-state index is 11.9. The minimum Gasteiger partial charge on any atom is -0.493 e. The second-order valence-electron chi connectivity index (χ2n) is 4.89. The number of ether oxygens (including phenoxy) is 2. The second-order valence-corrected chi connectivity index (χ2v) is 4.89. The zero-order valence-corrected chi connectivity index (χ0v) is 11.1. The van der Waals surface area contributed by atoms with Crippen molar-refractivity contribution >= 4 is 5.78 Å². The van der Waals surface area contributed by atoms with Crippen LogP contribution in [-0.2, 0) is 4.79 Å². The summed E-state index contributed by atoms with van der Waals surface area (Å²) in [5.41, 5.74) is 1.11. The van der Waals surface area contributed by atoms with Crippen molar-refractivity contribution in [2.45, 2.75) is 32.6 Å². The first-order chi connectivity index (χ1) is 8.70. The van der Waals surface area contributed by atoms with E-state index < -0.39 is 0 Å². The lowest BCUT2D eigenvalue weighted by Gasteiger charge is -2.12. The van der Waals surface area contributed by atoms with Crippen molar-refractivity contribution in [1.82, 2.24) is 0 Å². The summed E-state index contributed by atoms with van der Waals surface area (Å²) in [6, 6.07) is 5.73. The summed E-state index contributed by atoms with van der Waals surface area (Å²) in [5.74, 6) is 1.76. The number of carbonyl (C=O) groups is 1. The average Bonchev–Trinajstić information content (AvgIpc) is 2.90. The van der Waals surface area contributed by atoms with Crippen LogP contribution in [0.4, 0.5) is 0 Å². The predicted molar refractivity (Wildman–Crippen MR) is 70.2 cm³/mol. The maximum Gasteiger partial charge on any atom is 0.173 e. The highest BCUT2D eigenvalue weighted by Crippen LogP contribution is 2.29. The number of rotatable bonds is 5. The minimum absolute atomic E-state index is 0.157. The second kappa shape index (κ2) is 5.89. The van der Waals surface area contributed by atoms with Crippen molar-refractivity contribution in [3.8, 4) is 11.5 Å². The Morgan fingerprint density at radius 3 is 2.67 bits per heavy atom. The molecular weight excluding hydrogens is 228 g/mol. The van der Waals surface area contributed by atoms with E-state index in [0.29, 0.717) is 11.5 Å². The molecular formula is C15H20O3. The Kier molecular flexibility index (Phi) is 4.24. The average molecular weight is 248 g/mol. The number of hydrogen-bond acceptors (Lipinski definition) is 3. The van der Waals surface area contributed by atoms with Gasteiger partial charge in [0.15, 0.2) is 17.3 Å². The molecule has 18 heavy (non-hydrogen) atoms. The van der Waals surface area contributed by atoms with Crippen LogP contribution in [0.25, 0.3) is 0 Å². The predicted octanol–water partition coefficient (Wildman–Crippen LogP) is 3.14. The summed E-state index contributed by atoms with van der Waals surface area (Å²) in [6.45, 7) is 2.15. The lowest BCUT2D eigenvalue weighted by Crippen LogP contribution is -2.19. The smallest absolute Gasteiger partial charge is 0.173 e. The van der Waals surface area contributed by atoms with E-state index in [4.69, 9.17) is 9.47 Å². The molecule has 1 fully saturated rings. The first kappa shape index (κ1) is 12.9. The number of methoxy groups -OCH3 is 1. The topological polar surface area (TPSA) is 35.5 Å². The number of hydrogen-bond donors (Lipinski definition) is 0. The molecule has 0 aromatic heterocycles. The van der Waals surface area contributed by atoms with Gasteiger partial charge in [-0.05, 0) is 37.5 Å². The van der Waals surface area contributed by atoms with Crippen LogP contribution in [0.3, 0.4) is 0 Å². The Bertz CT molecular complexity index is 420. The Morgan fingerprint density at radius 2 is 2.00 bits per heavy atom. The van der Waals surface area contributed by atoms with E-state index in [1.54, 1.807) is 7.11 Å². The fraction of sp³-hybridized carbons (Fsp3) is 0.533. The molecule has 0 atom stereocenters. The van der Waals surface area contributed by atoms with Crippen LogP contribution < -0.4 is 9.47 Å². The fourth-order valence-electron chi connectivity index (χ4n) is 2.41. The van der Waals surface area contributed by atoms with Crippen LogP contribution in [0.15, 0.2) is 18.2 Å². The van der Waals surface area contributed by atoms with Crippen molar-refractivity contribution in [3.05, 3.63) is 23.8 Å². The van der Waals surface area contributed by atoms with Gasteiger partial charge in [-0.25, -0.2) is 0 Å². The van der Waals surface area contributed by atoms with Gasteiger partial charge in [0.1, 0.15) is 6.61 Å². The highest BCUT2D eigenvalue weighted by atomic mass is 16.5. The van der Waals surface area contributed by atoms with Crippen LogP contribution in [0, 0.1) is 12.8 Å². The molecule has 0 saturated heterocycles. The van der Waals surface area contributed by atoms with Crippen LogP contribution in [-0.4, -0.2) is 19.5 Å². The van der Waals surface area contributed by atoms with Gasteiger partial charge in [0.05, 0.1) is 7.11 Å². The summed E-state index contributed by atoms with van der Waals surface area (Å²) in [7, 11) is 1.61. The first-order valence-corrected chi connectivity index (χ1v) is 6.51. The highest BCUT2D eigenvalue weighted by Gasteiger charge is 2.23. The molecule has 0 heterocycles. The lowest BCUT2D eigenvalue weighted by molar-refractivity contribution is -0.124. The fourth-order valence-corrected chi connectivity index (χ4v) is 2.41. The Balaban J connectivity index is 1.95. The van der Waals surface area contributed by atoms with Gasteiger partial charge in [-0.3, -0.25) is 4.79 Å². The summed E-state index contributed by atoms with van der Waals surface area (Å²) in [4.78, 5) is 11.9. The van der Waals surface area contributed by atoms with Crippen molar-refractivity contribution in [1.29, 1.82) is 0 Å². The van der Waals surface area contributed by atoms with Crippen molar-refractivity contribution in [2.24, 2.45) is 5.92 Å². The standard InChI is InChI=1S/C15H20O3/c1-11-7-8-14(15(9-11)17-2)18-10-13(16)12-5-3-4-6-12/h7-9,12H,3-6,10H2,1-2H3. The van der Waals surface area contributed by atoms with E-state index in [-0.39, 0.29) is 18.3 Å².